The average Bonchev–Trinajstić information content (AvgIpc) is 2.78. The largest absolute Gasteiger partial charge is 0.491 e. The van der Waals surface area contributed by atoms with Crippen molar-refractivity contribution >= 4 is 0 Å². The Kier molecular flexibility index (Phi) is 8.50. The van der Waals surface area contributed by atoms with Crippen LogP contribution in [0, 0.1) is 11.6 Å². The fraction of sp³-hybridized carbons (Fsp3) is 0.520. The van der Waals surface area contributed by atoms with Crippen LogP contribution in [0.3, 0.4) is 0 Å². The Balaban J connectivity index is 1.50. The zero-order valence-electron chi connectivity index (χ0n) is 18.0. The van der Waals surface area contributed by atoms with E-state index in [1.807, 2.05) is 24.3 Å². The number of benzene rings is 2. The third-order valence-corrected chi connectivity index (χ3v) is 5.67. The molecule has 0 saturated carbocycles. The van der Waals surface area contributed by atoms with Gasteiger partial charge in [0.15, 0.2) is 11.6 Å². The van der Waals surface area contributed by atoms with Crippen molar-refractivity contribution in [2.24, 2.45) is 0 Å². The van der Waals surface area contributed by atoms with Gasteiger partial charge in [-0.1, -0.05) is 38.3 Å². The maximum atomic E-state index is 14.2. The Labute approximate surface area is 178 Å². The van der Waals surface area contributed by atoms with Gasteiger partial charge in [0, 0.05) is 11.5 Å². The zero-order chi connectivity index (χ0) is 21.3. The molecule has 1 aliphatic heterocycles. The Morgan fingerprint density at radius 1 is 0.933 bits per heavy atom. The number of halogens is 2. The van der Waals surface area contributed by atoms with E-state index >= 15 is 0 Å². The van der Waals surface area contributed by atoms with Crippen molar-refractivity contribution in [2.45, 2.75) is 71.0 Å². The monoisotopic (exact) mass is 418 g/mol. The summed E-state index contributed by atoms with van der Waals surface area (Å²) < 4.78 is 45.0. The maximum Gasteiger partial charge on any atom is 0.201 e. The number of hydrogen-bond donors (Lipinski definition) is 0. The van der Waals surface area contributed by atoms with Crippen molar-refractivity contribution in [3.63, 3.8) is 0 Å². The summed E-state index contributed by atoms with van der Waals surface area (Å²) in [5.74, 6) is -0.949. The Morgan fingerprint density at radius 2 is 1.73 bits per heavy atom. The second-order valence-electron chi connectivity index (χ2n) is 7.87. The molecule has 2 aromatic rings. The molecule has 2 unspecified atom stereocenters. The van der Waals surface area contributed by atoms with Crippen LogP contribution >= 0.6 is 0 Å². The molecule has 0 N–H and O–H groups in total. The van der Waals surface area contributed by atoms with Gasteiger partial charge in [0.25, 0.3) is 0 Å². The normalized spacial score (nSPS) is 18.9. The van der Waals surface area contributed by atoms with Crippen LogP contribution in [0.4, 0.5) is 8.78 Å². The highest BCUT2D eigenvalue weighted by Crippen LogP contribution is 2.31. The van der Waals surface area contributed by atoms with Gasteiger partial charge in [-0.15, -0.1) is 0 Å². The summed E-state index contributed by atoms with van der Waals surface area (Å²) in [6.07, 6.45) is 7.57. The van der Waals surface area contributed by atoms with E-state index in [-0.39, 0.29) is 24.5 Å². The molecule has 0 aromatic heterocycles. The molecular formula is C25H32F2O3. The van der Waals surface area contributed by atoms with Crippen LogP contribution < -0.4 is 9.47 Å². The maximum absolute atomic E-state index is 14.2. The fourth-order valence-corrected chi connectivity index (χ4v) is 3.87. The van der Waals surface area contributed by atoms with Crippen LogP contribution in [-0.2, 0) is 11.3 Å². The highest BCUT2D eigenvalue weighted by molar-refractivity contribution is 5.32. The van der Waals surface area contributed by atoms with Crippen LogP contribution in [0.15, 0.2) is 36.4 Å². The van der Waals surface area contributed by atoms with Crippen molar-refractivity contribution in [3.8, 4) is 11.5 Å². The first kappa shape index (κ1) is 22.5. The minimum absolute atomic E-state index is 0.0412. The van der Waals surface area contributed by atoms with Gasteiger partial charge in [0.05, 0.1) is 19.3 Å². The van der Waals surface area contributed by atoms with Crippen molar-refractivity contribution in [1.82, 2.24) is 0 Å². The topological polar surface area (TPSA) is 27.7 Å². The van der Waals surface area contributed by atoms with Crippen LogP contribution in [-0.4, -0.2) is 19.3 Å². The molecule has 1 heterocycles. The third kappa shape index (κ3) is 5.94. The van der Waals surface area contributed by atoms with E-state index in [4.69, 9.17) is 14.2 Å². The summed E-state index contributed by atoms with van der Waals surface area (Å²) in [6, 6.07) is 10.8. The quantitative estimate of drug-likeness (QED) is 0.398. The fourth-order valence-electron chi connectivity index (χ4n) is 3.87. The SMILES string of the molecule is CCCCCC1CCC(c2ccc(OCc3ccc(OCC)c(F)c3F)cc2)CO1. The van der Waals surface area contributed by atoms with Gasteiger partial charge in [-0.3, -0.25) is 0 Å². The average molecular weight is 419 g/mol. The molecule has 2 aromatic carbocycles. The van der Waals surface area contributed by atoms with Crippen molar-refractivity contribution < 1.29 is 23.0 Å². The van der Waals surface area contributed by atoms with E-state index in [9.17, 15) is 8.78 Å². The van der Waals surface area contributed by atoms with Gasteiger partial charge >= 0.3 is 0 Å². The lowest BCUT2D eigenvalue weighted by Crippen LogP contribution is -2.24. The molecule has 3 nitrogen and oxygen atoms in total. The summed E-state index contributed by atoms with van der Waals surface area (Å²) in [6.45, 7) is 4.94. The molecule has 2 atom stereocenters. The molecule has 30 heavy (non-hydrogen) atoms. The first-order chi connectivity index (χ1) is 14.6. The molecule has 0 aliphatic carbocycles. The smallest absolute Gasteiger partial charge is 0.201 e. The van der Waals surface area contributed by atoms with Gasteiger partial charge in [0.1, 0.15) is 12.4 Å². The van der Waals surface area contributed by atoms with Crippen LogP contribution in [0.1, 0.15) is 69.4 Å². The molecular weight excluding hydrogens is 386 g/mol. The molecule has 1 aliphatic rings. The molecule has 1 fully saturated rings. The Hall–Kier alpha value is -2.14. The zero-order valence-corrected chi connectivity index (χ0v) is 18.0. The van der Waals surface area contributed by atoms with Gasteiger partial charge in [-0.2, -0.15) is 4.39 Å². The number of unbranched alkanes of at least 4 members (excludes halogenated alkanes) is 2. The van der Waals surface area contributed by atoms with Gasteiger partial charge < -0.3 is 14.2 Å². The lowest BCUT2D eigenvalue weighted by Gasteiger charge is -2.29. The standard InChI is InChI=1S/C25H32F2O3/c1-3-5-6-7-21-14-10-19(16-29-21)18-8-12-22(13-9-18)30-17-20-11-15-23(28-4-2)25(27)24(20)26/h8-9,11-13,15,19,21H,3-7,10,14,16-17H2,1-2H3. The van der Waals surface area contributed by atoms with Gasteiger partial charge in [-0.25, -0.2) is 4.39 Å². The minimum Gasteiger partial charge on any atom is -0.491 e. The van der Waals surface area contributed by atoms with Crippen LogP contribution in [0.5, 0.6) is 11.5 Å². The lowest BCUT2D eigenvalue weighted by molar-refractivity contribution is -0.00208. The van der Waals surface area contributed by atoms with Crippen LogP contribution in [0.25, 0.3) is 0 Å². The van der Waals surface area contributed by atoms with Crippen molar-refractivity contribution in [1.29, 1.82) is 0 Å². The highest BCUT2D eigenvalue weighted by Gasteiger charge is 2.22. The first-order valence-corrected chi connectivity index (χ1v) is 11.1. The molecule has 0 bridgehead atoms. The molecule has 3 rings (SSSR count). The summed E-state index contributed by atoms with van der Waals surface area (Å²) in [7, 11) is 0. The Morgan fingerprint density at radius 3 is 2.40 bits per heavy atom. The van der Waals surface area contributed by atoms with Crippen molar-refractivity contribution in [3.05, 3.63) is 59.2 Å². The molecule has 164 valence electrons. The molecule has 1 saturated heterocycles. The summed E-state index contributed by atoms with van der Waals surface area (Å²) in [5.41, 5.74) is 1.39. The number of ether oxygens (including phenoxy) is 3. The van der Waals surface area contributed by atoms with E-state index in [1.165, 1.54) is 37.0 Å². The predicted octanol–water partition coefficient (Wildman–Crippen LogP) is 6.79. The minimum atomic E-state index is -0.974. The summed E-state index contributed by atoms with van der Waals surface area (Å²) >= 11 is 0. The van der Waals surface area contributed by atoms with Gasteiger partial charge in [-0.05, 0) is 56.0 Å². The van der Waals surface area contributed by atoms with Gasteiger partial charge in [0.2, 0.25) is 5.82 Å². The number of rotatable bonds is 10. The molecule has 5 heteroatoms. The van der Waals surface area contributed by atoms with E-state index in [1.54, 1.807) is 6.92 Å². The second kappa shape index (κ2) is 11.3. The van der Waals surface area contributed by atoms with E-state index in [2.05, 4.69) is 6.92 Å². The Bertz CT molecular complexity index is 784. The van der Waals surface area contributed by atoms with E-state index < -0.39 is 11.6 Å². The van der Waals surface area contributed by atoms with Crippen molar-refractivity contribution in [2.75, 3.05) is 13.2 Å². The molecule has 0 amide bonds. The molecule has 0 radical (unpaired) electrons. The molecule has 0 spiro atoms. The highest BCUT2D eigenvalue weighted by atomic mass is 19.2. The predicted molar refractivity (Wildman–Crippen MR) is 114 cm³/mol. The van der Waals surface area contributed by atoms with E-state index in [0.717, 1.165) is 25.9 Å². The third-order valence-electron chi connectivity index (χ3n) is 5.67. The summed E-state index contributed by atoms with van der Waals surface area (Å²) in [5, 5.41) is 0. The van der Waals surface area contributed by atoms with E-state index in [0.29, 0.717) is 17.8 Å². The number of hydrogen-bond acceptors (Lipinski definition) is 3. The first-order valence-electron chi connectivity index (χ1n) is 11.1. The lowest BCUT2D eigenvalue weighted by atomic mass is 9.90. The second-order valence-corrected chi connectivity index (χ2v) is 7.87. The summed E-state index contributed by atoms with van der Waals surface area (Å²) in [4.78, 5) is 0. The van der Waals surface area contributed by atoms with Crippen LogP contribution in [0.2, 0.25) is 0 Å².